The first kappa shape index (κ1) is 32.5. The molecule has 9 rings (SSSR count). The number of benzene rings is 6. The van der Waals surface area contributed by atoms with Gasteiger partial charge in [0.2, 0.25) is 0 Å². The van der Waals surface area contributed by atoms with E-state index in [0.717, 1.165) is 73.0 Å². The maximum absolute atomic E-state index is 5.53. The summed E-state index contributed by atoms with van der Waals surface area (Å²) >= 11 is 0. The minimum absolute atomic E-state index is 0.546. The standard InChI is InChI=1S/C48H32N6/c1-6-18-33(19-7-1)41-31-30-38(32-49-41)44-42(34-20-8-2-9-21-34)51-45(43(50-44)35-22-10-3-11-23-35)39-28-16-17-29-40(39)48-53-46(36-24-12-4-13-25-36)52-47(54-48)37-26-14-5-15-27-37/h1-32H. The summed E-state index contributed by atoms with van der Waals surface area (Å²) in [6.07, 6.45) is 1.89. The zero-order chi connectivity index (χ0) is 36.1. The minimum Gasteiger partial charge on any atom is -0.256 e. The van der Waals surface area contributed by atoms with Gasteiger partial charge in [-0.2, -0.15) is 0 Å². The lowest BCUT2D eigenvalue weighted by Crippen LogP contribution is -2.04. The molecule has 9 aromatic rings. The quantitative estimate of drug-likeness (QED) is 0.158. The molecule has 254 valence electrons. The molecule has 0 saturated carbocycles. The van der Waals surface area contributed by atoms with Crippen LogP contribution in [-0.2, 0) is 0 Å². The van der Waals surface area contributed by atoms with Gasteiger partial charge in [0.25, 0.3) is 0 Å². The van der Waals surface area contributed by atoms with Gasteiger partial charge in [-0.05, 0) is 12.1 Å². The highest BCUT2D eigenvalue weighted by Crippen LogP contribution is 2.40. The Hall–Kier alpha value is -7.44. The minimum atomic E-state index is 0.546. The van der Waals surface area contributed by atoms with Crippen LogP contribution in [0.15, 0.2) is 194 Å². The van der Waals surface area contributed by atoms with E-state index in [9.17, 15) is 0 Å². The Bertz CT molecular complexity index is 2610. The van der Waals surface area contributed by atoms with Crippen LogP contribution in [0.1, 0.15) is 0 Å². The van der Waals surface area contributed by atoms with Crippen molar-refractivity contribution in [2.75, 3.05) is 0 Å². The zero-order valence-electron chi connectivity index (χ0n) is 29.2. The molecule has 3 heterocycles. The van der Waals surface area contributed by atoms with Gasteiger partial charge < -0.3 is 0 Å². The predicted octanol–water partition coefficient (Wildman–Crippen LogP) is 11.4. The third-order valence-electron chi connectivity index (χ3n) is 9.22. The van der Waals surface area contributed by atoms with E-state index < -0.39 is 0 Å². The maximum atomic E-state index is 5.53. The molecule has 0 aliphatic heterocycles. The summed E-state index contributed by atoms with van der Waals surface area (Å²) in [7, 11) is 0. The van der Waals surface area contributed by atoms with Gasteiger partial charge in [-0.15, -0.1) is 0 Å². The molecule has 0 spiro atoms. The third kappa shape index (κ3) is 6.56. The number of rotatable bonds is 8. The van der Waals surface area contributed by atoms with E-state index in [1.807, 2.05) is 146 Å². The second-order valence-corrected chi connectivity index (χ2v) is 12.7. The van der Waals surface area contributed by atoms with Crippen molar-refractivity contribution in [2.45, 2.75) is 0 Å². The summed E-state index contributed by atoms with van der Waals surface area (Å²) in [5.74, 6) is 1.73. The first-order valence-electron chi connectivity index (χ1n) is 17.8. The molecule has 0 aliphatic carbocycles. The molecule has 0 amide bonds. The first-order valence-corrected chi connectivity index (χ1v) is 17.8. The fraction of sp³-hybridized carbons (Fsp3) is 0. The average molecular weight is 693 g/mol. The van der Waals surface area contributed by atoms with Crippen LogP contribution in [0, 0.1) is 0 Å². The Morgan fingerprint density at radius 1 is 0.241 bits per heavy atom. The first-order chi connectivity index (χ1) is 26.8. The van der Waals surface area contributed by atoms with Crippen LogP contribution in [-0.4, -0.2) is 29.9 Å². The Labute approximate surface area is 313 Å². The number of hydrogen-bond acceptors (Lipinski definition) is 6. The van der Waals surface area contributed by atoms with Crippen LogP contribution in [0.25, 0.3) is 90.5 Å². The SMILES string of the molecule is c1ccc(-c2ccc(-c3nc(-c4ccccc4)c(-c4ccccc4-c4nc(-c5ccccc5)nc(-c5ccccc5)n4)nc3-c3ccccc3)cn2)cc1. The van der Waals surface area contributed by atoms with Crippen LogP contribution in [0.5, 0.6) is 0 Å². The maximum Gasteiger partial charge on any atom is 0.164 e. The van der Waals surface area contributed by atoms with Gasteiger partial charge >= 0.3 is 0 Å². The fourth-order valence-corrected chi connectivity index (χ4v) is 6.55. The molecule has 0 aliphatic rings. The second kappa shape index (κ2) is 14.7. The molecular weight excluding hydrogens is 661 g/mol. The summed E-state index contributed by atoms with van der Waals surface area (Å²) in [6, 6.07) is 62.9. The van der Waals surface area contributed by atoms with Gasteiger partial charge in [-0.3, -0.25) is 4.98 Å². The number of nitrogens with zero attached hydrogens (tertiary/aromatic N) is 6. The van der Waals surface area contributed by atoms with Gasteiger partial charge in [0.15, 0.2) is 17.5 Å². The number of aromatic nitrogens is 6. The van der Waals surface area contributed by atoms with Gasteiger partial charge in [0, 0.05) is 50.7 Å². The van der Waals surface area contributed by atoms with Crippen LogP contribution in [0.3, 0.4) is 0 Å². The molecule has 54 heavy (non-hydrogen) atoms. The van der Waals surface area contributed by atoms with E-state index in [4.69, 9.17) is 29.9 Å². The highest BCUT2D eigenvalue weighted by Gasteiger charge is 2.23. The van der Waals surface area contributed by atoms with Gasteiger partial charge in [-0.25, -0.2) is 24.9 Å². The van der Waals surface area contributed by atoms with Crippen molar-refractivity contribution in [1.29, 1.82) is 0 Å². The van der Waals surface area contributed by atoms with E-state index in [1.54, 1.807) is 0 Å². The summed E-state index contributed by atoms with van der Waals surface area (Å²) in [5, 5.41) is 0. The molecule has 6 aromatic carbocycles. The zero-order valence-corrected chi connectivity index (χ0v) is 29.2. The topological polar surface area (TPSA) is 77.3 Å². The van der Waals surface area contributed by atoms with E-state index in [1.165, 1.54) is 0 Å². The highest BCUT2D eigenvalue weighted by molar-refractivity contribution is 5.91. The molecule has 0 bridgehead atoms. The van der Waals surface area contributed by atoms with Crippen molar-refractivity contribution in [3.63, 3.8) is 0 Å². The Balaban J connectivity index is 1.28. The van der Waals surface area contributed by atoms with Gasteiger partial charge in [-0.1, -0.05) is 176 Å². The molecule has 0 unspecified atom stereocenters. The van der Waals surface area contributed by atoms with Crippen LogP contribution < -0.4 is 0 Å². The Kier molecular flexibility index (Phi) is 8.81. The lowest BCUT2D eigenvalue weighted by Gasteiger charge is -2.18. The summed E-state index contributed by atoms with van der Waals surface area (Å²) in [5.41, 5.74) is 11.1. The van der Waals surface area contributed by atoms with Crippen molar-refractivity contribution >= 4 is 0 Å². The van der Waals surface area contributed by atoms with Crippen LogP contribution in [0.2, 0.25) is 0 Å². The smallest absolute Gasteiger partial charge is 0.164 e. The van der Waals surface area contributed by atoms with Crippen molar-refractivity contribution < 1.29 is 0 Å². The van der Waals surface area contributed by atoms with E-state index >= 15 is 0 Å². The lowest BCUT2D eigenvalue weighted by atomic mass is 9.96. The van der Waals surface area contributed by atoms with Crippen molar-refractivity contribution in [3.8, 4) is 90.5 Å². The largest absolute Gasteiger partial charge is 0.256 e. The van der Waals surface area contributed by atoms with Gasteiger partial charge in [0.05, 0.1) is 28.5 Å². The predicted molar refractivity (Wildman–Crippen MR) is 217 cm³/mol. The molecule has 3 aromatic heterocycles. The summed E-state index contributed by atoms with van der Waals surface area (Å²) in [6.45, 7) is 0. The van der Waals surface area contributed by atoms with E-state index in [-0.39, 0.29) is 0 Å². The number of hydrogen-bond donors (Lipinski definition) is 0. The molecule has 0 N–H and O–H groups in total. The van der Waals surface area contributed by atoms with Crippen LogP contribution in [0.4, 0.5) is 0 Å². The molecule has 6 nitrogen and oxygen atoms in total. The van der Waals surface area contributed by atoms with Crippen molar-refractivity contribution in [2.24, 2.45) is 0 Å². The monoisotopic (exact) mass is 692 g/mol. The van der Waals surface area contributed by atoms with Crippen LogP contribution >= 0.6 is 0 Å². The molecule has 0 atom stereocenters. The van der Waals surface area contributed by atoms with Crippen molar-refractivity contribution in [3.05, 3.63) is 194 Å². The van der Waals surface area contributed by atoms with Gasteiger partial charge in [0.1, 0.15) is 0 Å². The third-order valence-corrected chi connectivity index (χ3v) is 9.22. The average Bonchev–Trinajstić information content (AvgIpc) is 3.27. The summed E-state index contributed by atoms with van der Waals surface area (Å²) in [4.78, 5) is 31.0. The lowest BCUT2D eigenvalue weighted by molar-refractivity contribution is 1.07. The second-order valence-electron chi connectivity index (χ2n) is 12.7. The molecule has 0 fully saturated rings. The molecule has 6 heteroatoms. The highest BCUT2D eigenvalue weighted by atomic mass is 15.0. The fourth-order valence-electron chi connectivity index (χ4n) is 6.55. The normalized spacial score (nSPS) is 11.0. The summed E-state index contributed by atoms with van der Waals surface area (Å²) < 4.78 is 0. The number of pyridine rings is 1. The Morgan fingerprint density at radius 2 is 0.630 bits per heavy atom. The van der Waals surface area contributed by atoms with E-state index in [2.05, 4.69) is 48.5 Å². The van der Waals surface area contributed by atoms with Crippen molar-refractivity contribution in [1.82, 2.24) is 29.9 Å². The Morgan fingerprint density at radius 3 is 1.13 bits per heavy atom. The van der Waals surface area contributed by atoms with E-state index in [0.29, 0.717) is 17.5 Å². The molecular formula is C48H32N6. The molecule has 0 radical (unpaired) electrons. The molecule has 0 saturated heterocycles.